The molecule has 2 N–H and O–H groups in total. The number of carbonyl (C=O) groups is 2. The maximum absolute atomic E-state index is 13.6. The fourth-order valence-electron chi connectivity index (χ4n) is 4.57. The molecule has 3 aromatic carbocycles. The number of nitrogens with zero attached hydrogens (tertiary/aromatic N) is 1. The summed E-state index contributed by atoms with van der Waals surface area (Å²) in [5.41, 5.74) is 1.25. The molecule has 0 bridgehead atoms. The van der Waals surface area contributed by atoms with Gasteiger partial charge in [-0.1, -0.05) is 18.2 Å². The van der Waals surface area contributed by atoms with Crippen LogP contribution >= 0.6 is 0 Å². The summed E-state index contributed by atoms with van der Waals surface area (Å²) in [5, 5.41) is 22.4. The van der Waals surface area contributed by atoms with Crippen molar-refractivity contribution in [3.8, 4) is 28.7 Å². The van der Waals surface area contributed by atoms with E-state index in [0.29, 0.717) is 23.7 Å². The van der Waals surface area contributed by atoms with Gasteiger partial charge in [-0.05, 0) is 61.4 Å². The van der Waals surface area contributed by atoms with Gasteiger partial charge < -0.3 is 29.2 Å². The van der Waals surface area contributed by atoms with Gasteiger partial charge in [0.1, 0.15) is 28.6 Å². The molecule has 0 saturated carbocycles. The Morgan fingerprint density at radius 2 is 1.55 bits per heavy atom. The van der Waals surface area contributed by atoms with Gasteiger partial charge >= 0.3 is 0 Å². The first-order valence-electron chi connectivity index (χ1n) is 11.9. The van der Waals surface area contributed by atoms with Crippen LogP contribution in [-0.2, 0) is 9.59 Å². The molecule has 0 radical (unpaired) electrons. The number of hydrogen-bond acceptors (Lipinski definition) is 8. The summed E-state index contributed by atoms with van der Waals surface area (Å²) in [5.74, 6) is -1.19. The molecule has 9 nitrogen and oxygen atoms in total. The van der Waals surface area contributed by atoms with E-state index in [1.165, 1.54) is 32.3 Å². The SMILES string of the molecule is CCOc1cc(C2/C(=C(\O)c3c(OC)cccc3OC)C(=O)C(=O)N2c2cc(C)ccc2O)ccc1OC. The first kappa shape index (κ1) is 26.4. The second-order valence-electron chi connectivity index (χ2n) is 8.54. The lowest BCUT2D eigenvalue weighted by Crippen LogP contribution is -2.29. The summed E-state index contributed by atoms with van der Waals surface area (Å²) in [6.45, 7) is 3.96. The summed E-state index contributed by atoms with van der Waals surface area (Å²) in [6.07, 6.45) is 0. The molecule has 1 aliphatic rings. The van der Waals surface area contributed by atoms with Crippen molar-refractivity contribution < 1.29 is 38.7 Å². The maximum atomic E-state index is 13.6. The zero-order chi connectivity index (χ0) is 27.6. The molecule has 1 fully saturated rings. The number of phenols is 1. The summed E-state index contributed by atoms with van der Waals surface area (Å²) in [4.78, 5) is 28.3. The Morgan fingerprint density at radius 1 is 0.895 bits per heavy atom. The molecular formula is C29H29NO8. The van der Waals surface area contributed by atoms with Crippen molar-refractivity contribution in [1.82, 2.24) is 0 Å². The topological polar surface area (TPSA) is 115 Å². The summed E-state index contributed by atoms with van der Waals surface area (Å²) in [6, 6.07) is 13.5. The zero-order valence-corrected chi connectivity index (χ0v) is 21.8. The molecule has 38 heavy (non-hydrogen) atoms. The number of phenolic OH excluding ortho intramolecular Hbond substituents is 1. The molecule has 4 rings (SSSR count). The summed E-state index contributed by atoms with van der Waals surface area (Å²) < 4.78 is 22.0. The lowest BCUT2D eigenvalue weighted by atomic mass is 9.94. The first-order chi connectivity index (χ1) is 18.3. The van der Waals surface area contributed by atoms with Gasteiger partial charge in [-0.2, -0.15) is 0 Å². The van der Waals surface area contributed by atoms with Crippen molar-refractivity contribution >= 4 is 23.1 Å². The first-order valence-corrected chi connectivity index (χ1v) is 11.9. The van der Waals surface area contributed by atoms with E-state index in [1.807, 2.05) is 6.92 Å². The quantitative estimate of drug-likeness (QED) is 0.249. The number of Topliss-reactive ketones (excluding diaryl/α,β-unsaturated/α-hetero) is 1. The van der Waals surface area contributed by atoms with Crippen LogP contribution in [0, 0.1) is 6.92 Å². The minimum absolute atomic E-state index is 0.118. The average molecular weight is 520 g/mol. The highest BCUT2D eigenvalue weighted by Crippen LogP contribution is 2.48. The van der Waals surface area contributed by atoms with Crippen LogP contribution in [0.2, 0.25) is 0 Å². The van der Waals surface area contributed by atoms with Crippen molar-refractivity contribution in [2.24, 2.45) is 0 Å². The second kappa shape index (κ2) is 10.8. The molecule has 198 valence electrons. The summed E-state index contributed by atoms with van der Waals surface area (Å²) in [7, 11) is 4.34. The number of benzene rings is 3. The number of hydrogen-bond donors (Lipinski definition) is 2. The molecule has 1 saturated heterocycles. The summed E-state index contributed by atoms with van der Waals surface area (Å²) >= 11 is 0. The Morgan fingerprint density at radius 3 is 2.16 bits per heavy atom. The number of methoxy groups -OCH3 is 3. The van der Waals surface area contributed by atoms with Crippen LogP contribution < -0.4 is 23.8 Å². The number of amides is 1. The molecular weight excluding hydrogens is 490 g/mol. The Hall–Kier alpha value is -4.66. The monoisotopic (exact) mass is 519 g/mol. The van der Waals surface area contributed by atoms with E-state index in [2.05, 4.69) is 0 Å². The lowest BCUT2D eigenvalue weighted by Gasteiger charge is -2.27. The molecule has 0 aromatic heterocycles. The smallest absolute Gasteiger partial charge is 0.300 e. The van der Waals surface area contributed by atoms with Crippen LogP contribution in [0.4, 0.5) is 5.69 Å². The van der Waals surface area contributed by atoms with Gasteiger partial charge in [-0.3, -0.25) is 14.5 Å². The van der Waals surface area contributed by atoms with Crippen molar-refractivity contribution in [2.45, 2.75) is 19.9 Å². The van der Waals surface area contributed by atoms with Crippen molar-refractivity contribution in [2.75, 3.05) is 32.8 Å². The van der Waals surface area contributed by atoms with Crippen molar-refractivity contribution in [3.63, 3.8) is 0 Å². The van der Waals surface area contributed by atoms with E-state index in [-0.39, 0.29) is 34.1 Å². The number of aryl methyl sites for hydroxylation is 1. The molecule has 3 aromatic rings. The highest BCUT2D eigenvalue weighted by atomic mass is 16.5. The van der Waals surface area contributed by atoms with E-state index in [4.69, 9.17) is 18.9 Å². The number of ketones is 1. The minimum Gasteiger partial charge on any atom is -0.506 e. The van der Waals surface area contributed by atoms with Crippen LogP contribution in [0.1, 0.15) is 29.7 Å². The van der Waals surface area contributed by atoms with Crippen molar-refractivity contribution in [3.05, 3.63) is 76.9 Å². The number of aliphatic hydroxyl groups is 1. The maximum Gasteiger partial charge on any atom is 0.300 e. The van der Waals surface area contributed by atoms with Gasteiger partial charge in [0.15, 0.2) is 11.5 Å². The predicted molar refractivity (Wildman–Crippen MR) is 141 cm³/mol. The highest BCUT2D eigenvalue weighted by Gasteiger charge is 2.48. The average Bonchev–Trinajstić information content (AvgIpc) is 3.19. The van der Waals surface area contributed by atoms with Crippen molar-refractivity contribution in [1.29, 1.82) is 0 Å². The molecule has 1 heterocycles. The molecule has 1 aliphatic heterocycles. The Bertz CT molecular complexity index is 1410. The number of ether oxygens (including phenoxy) is 4. The molecule has 1 amide bonds. The Balaban J connectivity index is 2.06. The van der Waals surface area contributed by atoms with E-state index in [1.54, 1.807) is 55.5 Å². The van der Waals surface area contributed by atoms with Crippen LogP contribution in [0.25, 0.3) is 5.76 Å². The third kappa shape index (κ3) is 4.47. The Kier molecular flexibility index (Phi) is 7.47. The molecule has 1 atom stereocenters. The van der Waals surface area contributed by atoms with Gasteiger partial charge in [0.2, 0.25) is 0 Å². The number of aromatic hydroxyl groups is 1. The molecule has 0 aliphatic carbocycles. The fraction of sp³-hybridized carbons (Fsp3) is 0.241. The van der Waals surface area contributed by atoms with E-state index >= 15 is 0 Å². The van der Waals surface area contributed by atoms with Crippen LogP contribution in [0.5, 0.6) is 28.7 Å². The third-order valence-corrected chi connectivity index (χ3v) is 6.30. The van der Waals surface area contributed by atoms with Gasteiger partial charge in [-0.15, -0.1) is 0 Å². The zero-order valence-electron chi connectivity index (χ0n) is 21.8. The lowest BCUT2D eigenvalue weighted by molar-refractivity contribution is -0.132. The molecule has 0 spiro atoms. The Labute approximate surface area is 220 Å². The van der Waals surface area contributed by atoms with Crippen LogP contribution in [0.3, 0.4) is 0 Å². The third-order valence-electron chi connectivity index (χ3n) is 6.30. The number of aliphatic hydroxyl groups excluding tert-OH is 1. The van der Waals surface area contributed by atoms with Gasteiger partial charge in [-0.25, -0.2) is 0 Å². The van der Waals surface area contributed by atoms with Crippen LogP contribution in [-0.4, -0.2) is 49.8 Å². The van der Waals surface area contributed by atoms with Crippen LogP contribution in [0.15, 0.2) is 60.2 Å². The number of anilines is 1. The van der Waals surface area contributed by atoms with E-state index < -0.39 is 23.5 Å². The minimum atomic E-state index is -1.12. The number of rotatable bonds is 8. The molecule has 1 unspecified atom stereocenters. The van der Waals surface area contributed by atoms with Gasteiger partial charge in [0.05, 0.1) is 45.2 Å². The van der Waals surface area contributed by atoms with Gasteiger partial charge in [0.25, 0.3) is 11.7 Å². The molecule has 9 heteroatoms. The second-order valence-corrected chi connectivity index (χ2v) is 8.54. The van der Waals surface area contributed by atoms with Gasteiger partial charge in [0, 0.05) is 0 Å². The predicted octanol–water partition coefficient (Wildman–Crippen LogP) is 4.75. The standard InChI is InChI=1S/C29H29NO8/c1-6-38-23-15-17(11-13-20(23)35-3)26-25(27(32)24-21(36-4)8-7-9-22(24)37-5)28(33)29(34)30(26)18-14-16(2)10-12-19(18)31/h7-15,26,31-32H,6H2,1-5H3/b27-25+. The normalized spacial score (nSPS) is 16.4. The highest BCUT2D eigenvalue weighted by molar-refractivity contribution is 6.52. The number of carbonyl (C=O) groups excluding carboxylic acids is 2. The van der Waals surface area contributed by atoms with E-state index in [9.17, 15) is 19.8 Å². The van der Waals surface area contributed by atoms with E-state index in [0.717, 1.165) is 5.56 Å². The largest absolute Gasteiger partial charge is 0.506 e. The fourth-order valence-corrected chi connectivity index (χ4v) is 4.57.